The number of carboxylic acid groups (broad SMARTS) is 1. The first-order valence-corrected chi connectivity index (χ1v) is 10.0. The number of β-lactam (4-membered cyclic amide) rings is 1. The van der Waals surface area contributed by atoms with Crippen molar-refractivity contribution in [2.45, 2.75) is 24.4 Å². The third kappa shape index (κ3) is 2.62. The topological polar surface area (TPSA) is 167 Å². The highest BCUT2D eigenvalue weighted by molar-refractivity contribution is 7.92. The summed E-state index contributed by atoms with van der Waals surface area (Å²) in [6, 6.07) is 6.29. The van der Waals surface area contributed by atoms with Gasteiger partial charge in [0.2, 0.25) is 5.91 Å². The van der Waals surface area contributed by atoms with Gasteiger partial charge in [-0.1, -0.05) is 24.3 Å². The smallest absolute Gasteiger partial charge is 0.352 e. The second-order valence-electron chi connectivity index (χ2n) is 6.60. The maximum absolute atomic E-state index is 13.2. The molecule has 150 valence electrons. The van der Waals surface area contributed by atoms with E-state index >= 15 is 0 Å². The standard InChI is InChI=1S/C17H19N3O7S/c1-9(22)19-17(12-5-3-2-4-10(12)6-18)15(25)20-13(14(23)24)11(7-21)8-28(26,27)16(17)20/h2-5,16,21H,6-8,18H2,1H3,(H,19,22)(H,23,24)/t16-,17-/m0/s1. The lowest BCUT2D eigenvalue weighted by atomic mass is 9.77. The highest BCUT2D eigenvalue weighted by Crippen LogP contribution is 2.49. The summed E-state index contributed by atoms with van der Waals surface area (Å²) < 4.78 is 26.0. The molecule has 0 unspecified atom stereocenters. The van der Waals surface area contributed by atoms with Gasteiger partial charge in [0, 0.05) is 19.0 Å². The molecule has 2 aliphatic rings. The third-order valence-corrected chi connectivity index (χ3v) is 6.88. The zero-order valence-electron chi connectivity index (χ0n) is 14.9. The van der Waals surface area contributed by atoms with E-state index in [2.05, 4.69) is 5.32 Å². The van der Waals surface area contributed by atoms with E-state index in [0.29, 0.717) is 10.5 Å². The third-order valence-electron chi connectivity index (χ3n) is 4.88. The van der Waals surface area contributed by atoms with E-state index < -0.39 is 56.6 Å². The molecule has 5 N–H and O–H groups in total. The van der Waals surface area contributed by atoms with Crippen molar-refractivity contribution in [2.75, 3.05) is 12.4 Å². The number of nitrogens with zero attached hydrogens (tertiary/aromatic N) is 1. The number of nitrogens with two attached hydrogens (primary N) is 1. The fraction of sp³-hybridized carbons (Fsp3) is 0.353. The van der Waals surface area contributed by atoms with Crippen LogP contribution in [-0.4, -0.2) is 59.0 Å². The van der Waals surface area contributed by atoms with Crippen LogP contribution < -0.4 is 11.1 Å². The molecule has 2 amide bonds. The number of hydrogen-bond donors (Lipinski definition) is 4. The summed E-state index contributed by atoms with van der Waals surface area (Å²) in [5.74, 6) is -3.86. The van der Waals surface area contributed by atoms with Crippen molar-refractivity contribution in [3.63, 3.8) is 0 Å². The first-order chi connectivity index (χ1) is 13.1. The summed E-state index contributed by atoms with van der Waals surface area (Å²) >= 11 is 0. The number of carbonyl (C=O) groups is 3. The molecule has 0 aromatic heterocycles. The molecule has 0 bridgehead atoms. The number of carbonyl (C=O) groups excluding carboxylic acids is 2. The van der Waals surface area contributed by atoms with E-state index in [9.17, 15) is 33.0 Å². The Morgan fingerprint density at radius 3 is 2.54 bits per heavy atom. The normalized spacial score (nSPS) is 25.8. The van der Waals surface area contributed by atoms with Crippen molar-refractivity contribution < 1.29 is 33.0 Å². The molecule has 10 nitrogen and oxygen atoms in total. The van der Waals surface area contributed by atoms with Crippen molar-refractivity contribution >= 4 is 27.6 Å². The van der Waals surface area contributed by atoms with Crippen LogP contribution in [0.25, 0.3) is 0 Å². The molecule has 28 heavy (non-hydrogen) atoms. The molecular weight excluding hydrogens is 390 g/mol. The molecule has 0 spiro atoms. The van der Waals surface area contributed by atoms with Gasteiger partial charge in [0.1, 0.15) is 5.70 Å². The van der Waals surface area contributed by atoms with E-state index in [0.717, 1.165) is 6.92 Å². The van der Waals surface area contributed by atoms with Gasteiger partial charge in [-0.3, -0.25) is 14.5 Å². The average Bonchev–Trinajstić information content (AvgIpc) is 2.63. The van der Waals surface area contributed by atoms with Crippen LogP contribution in [0, 0.1) is 0 Å². The van der Waals surface area contributed by atoms with Gasteiger partial charge in [-0.2, -0.15) is 0 Å². The number of nitrogens with one attached hydrogen (secondary N) is 1. The molecular formula is C17H19N3O7S. The van der Waals surface area contributed by atoms with Gasteiger partial charge in [-0.25, -0.2) is 13.2 Å². The second kappa shape index (κ2) is 6.69. The lowest BCUT2D eigenvalue weighted by Crippen LogP contribution is -2.81. The van der Waals surface area contributed by atoms with Gasteiger partial charge < -0.3 is 21.3 Å². The Morgan fingerprint density at radius 1 is 1.36 bits per heavy atom. The summed E-state index contributed by atoms with van der Waals surface area (Å²) in [6.07, 6.45) is 0. The monoisotopic (exact) mass is 409 g/mol. The number of carboxylic acids is 1. The van der Waals surface area contributed by atoms with Gasteiger partial charge >= 0.3 is 5.97 Å². The Kier molecular flexibility index (Phi) is 4.77. The Bertz CT molecular complexity index is 1020. The number of sulfone groups is 1. The number of fused-ring (bicyclic) bond motifs is 1. The zero-order valence-corrected chi connectivity index (χ0v) is 15.7. The minimum Gasteiger partial charge on any atom is -0.477 e. The predicted molar refractivity (Wildman–Crippen MR) is 96.0 cm³/mol. The van der Waals surface area contributed by atoms with E-state index in [1.807, 2.05) is 0 Å². The molecule has 0 saturated carbocycles. The van der Waals surface area contributed by atoms with Crippen LogP contribution in [0.4, 0.5) is 0 Å². The summed E-state index contributed by atoms with van der Waals surface area (Å²) in [6.45, 7) is 0.274. The Hall–Kier alpha value is -2.76. The van der Waals surface area contributed by atoms with Gasteiger partial charge in [0.05, 0.1) is 12.4 Å². The van der Waals surface area contributed by atoms with Crippen molar-refractivity contribution in [1.29, 1.82) is 0 Å². The first kappa shape index (κ1) is 20.0. The molecule has 0 radical (unpaired) electrons. The van der Waals surface area contributed by atoms with Gasteiger partial charge in [0.25, 0.3) is 5.91 Å². The molecule has 2 heterocycles. The Morgan fingerprint density at radius 2 is 2.00 bits per heavy atom. The summed E-state index contributed by atoms with van der Waals surface area (Å²) in [7, 11) is -4.14. The number of aliphatic carboxylic acids is 1. The van der Waals surface area contributed by atoms with Gasteiger partial charge in [-0.05, 0) is 11.1 Å². The number of rotatable bonds is 5. The van der Waals surface area contributed by atoms with Crippen LogP contribution in [-0.2, 0) is 36.3 Å². The fourth-order valence-electron chi connectivity index (χ4n) is 3.91. The van der Waals surface area contributed by atoms with E-state index in [1.165, 1.54) is 6.07 Å². The summed E-state index contributed by atoms with van der Waals surface area (Å²) in [4.78, 5) is 37.4. The Labute approximate surface area is 160 Å². The van der Waals surface area contributed by atoms with Crippen LogP contribution >= 0.6 is 0 Å². The van der Waals surface area contributed by atoms with Crippen LogP contribution in [0.3, 0.4) is 0 Å². The molecule has 3 rings (SSSR count). The SMILES string of the molecule is CC(=O)N[C@@]1(c2ccccc2CN)C(=O)N2C(C(=O)O)=C(CO)CS(=O)(=O)[C@H]21. The van der Waals surface area contributed by atoms with Crippen LogP contribution in [0.5, 0.6) is 0 Å². The largest absolute Gasteiger partial charge is 0.477 e. The van der Waals surface area contributed by atoms with E-state index in [4.69, 9.17) is 5.73 Å². The zero-order chi connectivity index (χ0) is 20.9. The molecule has 1 fully saturated rings. The average molecular weight is 409 g/mol. The lowest BCUT2D eigenvalue weighted by Gasteiger charge is -2.57. The first-order valence-electron chi connectivity index (χ1n) is 8.30. The number of aliphatic hydroxyl groups excluding tert-OH is 1. The van der Waals surface area contributed by atoms with Crippen molar-refractivity contribution in [3.8, 4) is 0 Å². The van der Waals surface area contributed by atoms with Crippen LogP contribution in [0.1, 0.15) is 18.1 Å². The quantitative estimate of drug-likeness (QED) is 0.422. The van der Waals surface area contributed by atoms with E-state index in [1.54, 1.807) is 18.2 Å². The van der Waals surface area contributed by atoms with Crippen LogP contribution in [0.15, 0.2) is 35.5 Å². The second-order valence-corrected chi connectivity index (χ2v) is 8.66. The minimum atomic E-state index is -4.14. The van der Waals surface area contributed by atoms with Gasteiger partial charge in [0.15, 0.2) is 20.8 Å². The fourth-order valence-corrected chi connectivity index (χ4v) is 6.12. The maximum Gasteiger partial charge on any atom is 0.352 e. The minimum absolute atomic E-state index is 0.0267. The van der Waals surface area contributed by atoms with E-state index in [-0.39, 0.29) is 17.7 Å². The predicted octanol–water partition coefficient (Wildman–Crippen LogP) is -1.60. The van der Waals surface area contributed by atoms with Crippen molar-refractivity contribution in [2.24, 2.45) is 5.73 Å². The summed E-state index contributed by atoms with van der Waals surface area (Å²) in [5, 5.41) is 19.7. The molecule has 2 atom stereocenters. The summed E-state index contributed by atoms with van der Waals surface area (Å²) in [5.41, 5.74) is 3.49. The molecule has 11 heteroatoms. The van der Waals surface area contributed by atoms with Gasteiger partial charge in [-0.15, -0.1) is 0 Å². The molecule has 1 saturated heterocycles. The number of hydrogen-bond acceptors (Lipinski definition) is 7. The number of amides is 2. The molecule has 1 aromatic rings. The Balaban J connectivity index is 2.31. The molecule has 0 aliphatic carbocycles. The van der Waals surface area contributed by atoms with Crippen molar-refractivity contribution in [1.82, 2.24) is 10.2 Å². The number of aliphatic hydroxyl groups is 1. The molecule has 2 aliphatic heterocycles. The maximum atomic E-state index is 13.2. The lowest BCUT2D eigenvalue weighted by molar-refractivity contribution is -0.160. The highest BCUT2D eigenvalue weighted by Gasteiger charge is 2.71. The number of benzene rings is 1. The van der Waals surface area contributed by atoms with Crippen LogP contribution in [0.2, 0.25) is 0 Å². The highest BCUT2D eigenvalue weighted by atomic mass is 32.2. The molecule has 1 aromatic carbocycles. The van der Waals surface area contributed by atoms with Crippen molar-refractivity contribution in [3.05, 3.63) is 46.7 Å².